The van der Waals surface area contributed by atoms with Gasteiger partial charge in [0.05, 0.1) is 10.3 Å². The average Bonchev–Trinajstić information content (AvgIpc) is 2.72. The van der Waals surface area contributed by atoms with Crippen LogP contribution in [-0.2, 0) is 14.6 Å². The van der Waals surface area contributed by atoms with Gasteiger partial charge < -0.3 is 4.98 Å². The fraction of sp³-hybridized carbons (Fsp3) is 0.167. The van der Waals surface area contributed by atoms with Crippen LogP contribution in [-0.4, -0.2) is 24.6 Å². The Morgan fingerprint density at radius 3 is 2.37 bits per heavy atom. The molecule has 30 heavy (non-hydrogen) atoms. The molecule has 0 saturated carbocycles. The molecule has 0 amide bonds. The number of H-pyrrole nitrogens is 1. The van der Waals surface area contributed by atoms with E-state index >= 15 is 0 Å². The van der Waals surface area contributed by atoms with Crippen LogP contribution < -0.4 is 5.56 Å². The zero-order valence-corrected chi connectivity index (χ0v) is 17.8. The summed E-state index contributed by atoms with van der Waals surface area (Å²) in [5, 5.41) is 0.875. The normalized spacial score (nSPS) is 12.2. The van der Waals surface area contributed by atoms with Crippen LogP contribution in [0.5, 0.6) is 0 Å². The summed E-state index contributed by atoms with van der Waals surface area (Å²) in [5.74, 6) is 0. The Morgan fingerprint density at radius 1 is 0.900 bits per heavy atom. The molecule has 6 heteroatoms. The maximum absolute atomic E-state index is 12.5. The lowest BCUT2D eigenvalue weighted by Gasteiger charge is -2.24. The first-order chi connectivity index (χ1) is 14.2. The first-order valence-electron chi connectivity index (χ1n) is 9.56. The summed E-state index contributed by atoms with van der Waals surface area (Å²) in [7, 11) is -3.34. The third-order valence-corrected chi connectivity index (χ3v) is 7.67. The highest BCUT2D eigenvalue weighted by Crippen LogP contribution is 2.37. The van der Waals surface area contributed by atoms with E-state index in [0.29, 0.717) is 11.3 Å². The van der Waals surface area contributed by atoms with Gasteiger partial charge in [0, 0.05) is 35.2 Å². The number of aromatic nitrogens is 2. The highest BCUT2D eigenvalue weighted by atomic mass is 32.2. The molecule has 2 aromatic carbocycles. The van der Waals surface area contributed by atoms with Gasteiger partial charge in [-0.05, 0) is 60.9 Å². The zero-order chi connectivity index (χ0) is 21.5. The maximum atomic E-state index is 12.5. The van der Waals surface area contributed by atoms with E-state index in [1.54, 1.807) is 26.1 Å². The van der Waals surface area contributed by atoms with Crippen molar-refractivity contribution >= 4 is 20.7 Å². The number of benzene rings is 2. The molecule has 0 aliphatic carbocycles. The lowest BCUT2D eigenvalue weighted by Crippen LogP contribution is -2.28. The Hall–Kier alpha value is -3.25. The minimum absolute atomic E-state index is 0.165. The molecule has 5 nitrogen and oxygen atoms in total. The summed E-state index contributed by atoms with van der Waals surface area (Å²) >= 11 is 0. The van der Waals surface area contributed by atoms with Crippen molar-refractivity contribution in [3.63, 3.8) is 0 Å². The van der Waals surface area contributed by atoms with E-state index in [1.165, 1.54) is 12.3 Å². The topological polar surface area (TPSA) is 79.9 Å². The maximum Gasteiger partial charge on any atom is 0.248 e. The largest absolute Gasteiger partial charge is 0.322 e. The van der Waals surface area contributed by atoms with Crippen molar-refractivity contribution in [2.75, 3.05) is 6.26 Å². The first kappa shape index (κ1) is 20.0. The van der Waals surface area contributed by atoms with E-state index in [4.69, 9.17) is 0 Å². The second-order valence-electron chi connectivity index (χ2n) is 7.89. The summed E-state index contributed by atoms with van der Waals surface area (Å²) in [5.41, 5.74) is 4.66. The van der Waals surface area contributed by atoms with E-state index in [-0.39, 0.29) is 5.56 Å². The van der Waals surface area contributed by atoms with Gasteiger partial charge in [-0.2, -0.15) is 0 Å². The van der Waals surface area contributed by atoms with Gasteiger partial charge in [0.25, 0.3) is 0 Å². The van der Waals surface area contributed by atoms with Crippen LogP contribution in [0.4, 0.5) is 0 Å². The molecule has 0 radical (unpaired) electrons. The molecule has 0 unspecified atom stereocenters. The van der Waals surface area contributed by atoms with Crippen LogP contribution in [0.1, 0.15) is 19.4 Å². The van der Waals surface area contributed by atoms with Gasteiger partial charge in [-0.3, -0.25) is 9.78 Å². The number of pyridine rings is 2. The molecule has 0 aliphatic heterocycles. The number of nitrogens with one attached hydrogen (secondary N) is 1. The molecule has 2 aromatic heterocycles. The van der Waals surface area contributed by atoms with Crippen molar-refractivity contribution in [1.82, 2.24) is 9.97 Å². The van der Waals surface area contributed by atoms with Crippen molar-refractivity contribution in [1.29, 1.82) is 0 Å². The van der Waals surface area contributed by atoms with Crippen LogP contribution in [0.25, 0.3) is 33.3 Å². The van der Waals surface area contributed by atoms with Gasteiger partial charge in [-0.25, -0.2) is 8.42 Å². The Kier molecular flexibility index (Phi) is 4.82. The van der Waals surface area contributed by atoms with Crippen molar-refractivity contribution in [2.24, 2.45) is 0 Å². The quantitative estimate of drug-likeness (QED) is 0.528. The van der Waals surface area contributed by atoms with Crippen LogP contribution in [0.3, 0.4) is 0 Å². The summed E-state index contributed by atoms with van der Waals surface area (Å²) in [6.45, 7) is 3.43. The predicted molar refractivity (Wildman–Crippen MR) is 121 cm³/mol. The predicted octanol–water partition coefficient (Wildman–Crippen LogP) is 4.54. The fourth-order valence-corrected chi connectivity index (χ4v) is 3.99. The minimum Gasteiger partial charge on any atom is -0.322 e. The fourth-order valence-electron chi connectivity index (χ4n) is 3.44. The Morgan fingerprint density at radius 2 is 1.63 bits per heavy atom. The number of hydrogen-bond donors (Lipinski definition) is 1. The molecule has 0 fully saturated rings. The molecule has 0 saturated heterocycles. The number of rotatable bonds is 4. The molecule has 2 heterocycles. The number of aromatic amines is 1. The van der Waals surface area contributed by atoms with Crippen molar-refractivity contribution < 1.29 is 8.42 Å². The molecular weight excluding hydrogens is 396 g/mol. The smallest absolute Gasteiger partial charge is 0.248 e. The summed E-state index contributed by atoms with van der Waals surface area (Å²) in [6, 6.07) is 20.4. The van der Waals surface area contributed by atoms with E-state index < -0.39 is 14.6 Å². The Labute approximate surface area is 175 Å². The third-order valence-electron chi connectivity index (χ3n) is 5.58. The highest BCUT2D eigenvalue weighted by Gasteiger charge is 2.33. The van der Waals surface area contributed by atoms with Gasteiger partial charge in [0.1, 0.15) is 0 Å². The average molecular weight is 419 g/mol. The van der Waals surface area contributed by atoms with Gasteiger partial charge >= 0.3 is 0 Å². The Bertz CT molecular complexity index is 1420. The lowest BCUT2D eigenvalue weighted by atomic mass is 9.92. The summed E-state index contributed by atoms with van der Waals surface area (Å²) in [6.07, 6.45) is 2.98. The summed E-state index contributed by atoms with van der Waals surface area (Å²) in [4.78, 5) is 19.1. The molecular formula is C24H22N2O3S. The highest BCUT2D eigenvalue weighted by molar-refractivity contribution is 7.91. The zero-order valence-electron chi connectivity index (χ0n) is 17.0. The second-order valence-corrected chi connectivity index (χ2v) is 10.5. The van der Waals surface area contributed by atoms with E-state index in [0.717, 1.165) is 27.6 Å². The van der Waals surface area contributed by atoms with Crippen molar-refractivity contribution in [3.05, 3.63) is 88.8 Å². The van der Waals surface area contributed by atoms with Crippen LogP contribution in [0, 0.1) is 0 Å². The van der Waals surface area contributed by atoms with Crippen molar-refractivity contribution in [3.8, 4) is 22.4 Å². The van der Waals surface area contributed by atoms with Gasteiger partial charge in [-0.15, -0.1) is 0 Å². The summed E-state index contributed by atoms with van der Waals surface area (Å²) < 4.78 is 23.9. The second kappa shape index (κ2) is 7.22. The van der Waals surface area contributed by atoms with Crippen LogP contribution in [0.15, 0.2) is 77.7 Å². The van der Waals surface area contributed by atoms with Crippen LogP contribution >= 0.6 is 0 Å². The first-order valence-corrected chi connectivity index (χ1v) is 11.4. The number of nitrogens with zero attached hydrogens (tertiary/aromatic N) is 1. The third kappa shape index (κ3) is 3.55. The van der Waals surface area contributed by atoms with E-state index in [2.05, 4.69) is 9.97 Å². The lowest BCUT2D eigenvalue weighted by molar-refractivity contribution is 0.561. The molecule has 0 bridgehead atoms. The molecule has 0 aliphatic rings. The minimum atomic E-state index is -3.34. The van der Waals surface area contributed by atoms with Gasteiger partial charge in [0.2, 0.25) is 5.56 Å². The molecule has 152 valence electrons. The van der Waals surface area contributed by atoms with Gasteiger partial charge in [0.15, 0.2) is 9.84 Å². The standard InChI is InChI=1S/C24H22N2O3S/c1-24(2,30(3,28)29)19-14-18-9-6-12-25-23(18)20(15-19)16-7-4-8-17(13-16)21-10-5-11-22(27)26-21/h4-15H,1-3H3,(H,26,27). The SMILES string of the molecule is CC(C)(c1cc(-c2cccc(-c3cccc(=O)[nH]3)c2)c2ncccc2c1)S(C)(=O)=O. The molecule has 4 aromatic rings. The van der Waals surface area contributed by atoms with E-state index in [9.17, 15) is 13.2 Å². The van der Waals surface area contributed by atoms with Crippen molar-refractivity contribution in [2.45, 2.75) is 18.6 Å². The monoisotopic (exact) mass is 418 g/mol. The Balaban J connectivity index is 1.97. The molecule has 1 N–H and O–H groups in total. The molecule has 0 spiro atoms. The van der Waals surface area contributed by atoms with Gasteiger partial charge in [-0.1, -0.05) is 30.3 Å². The van der Waals surface area contributed by atoms with E-state index in [1.807, 2.05) is 54.6 Å². The molecule has 0 atom stereocenters. The number of hydrogen-bond acceptors (Lipinski definition) is 4. The van der Waals surface area contributed by atoms with Crippen LogP contribution in [0.2, 0.25) is 0 Å². The number of fused-ring (bicyclic) bond motifs is 1. The molecule has 4 rings (SSSR count). The number of sulfone groups is 1.